The second-order valence-electron chi connectivity index (χ2n) is 10.2. The fourth-order valence-corrected chi connectivity index (χ4v) is 5.89. The molecular weight excluding hydrogens is 514 g/mol. The predicted molar refractivity (Wildman–Crippen MR) is 150 cm³/mol. The smallest absolute Gasteiger partial charge is 0.177 e. The van der Waals surface area contributed by atoms with Crippen LogP contribution in [0.3, 0.4) is 0 Å². The molecule has 0 atom stereocenters. The van der Waals surface area contributed by atoms with Crippen molar-refractivity contribution in [2.75, 3.05) is 18.2 Å². The summed E-state index contributed by atoms with van der Waals surface area (Å²) in [4.78, 5) is 9.86. The van der Waals surface area contributed by atoms with Gasteiger partial charge in [-0.3, -0.25) is 4.68 Å². The lowest BCUT2D eigenvalue weighted by molar-refractivity contribution is 0.0850. The molecule has 11 heteroatoms. The number of imidazole rings is 1. The van der Waals surface area contributed by atoms with Crippen molar-refractivity contribution in [2.45, 2.75) is 38.3 Å². The summed E-state index contributed by atoms with van der Waals surface area (Å²) in [7, 11) is 0.244. The van der Waals surface area contributed by atoms with E-state index in [2.05, 4.69) is 27.2 Å². The van der Waals surface area contributed by atoms with Gasteiger partial charge in [0.05, 0.1) is 35.2 Å². The van der Waals surface area contributed by atoms with Crippen molar-refractivity contribution in [2.24, 2.45) is 14.1 Å². The minimum absolute atomic E-state index is 0.197. The van der Waals surface area contributed by atoms with E-state index in [1.165, 1.54) is 6.26 Å². The maximum atomic E-state index is 12.9. The van der Waals surface area contributed by atoms with E-state index in [4.69, 9.17) is 14.7 Å². The molecule has 1 aliphatic rings. The van der Waals surface area contributed by atoms with Gasteiger partial charge in [-0.05, 0) is 49.7 Å². The minimum atomic E-state index is -3.56. The molecule has 1 N–H and O–H groups in total. The molecule has 6 rings (SSSR count). The Morgan fingerprint density at radius 3 is 2.59 bits per heavy atom. The van der Waals surface area contributed by atoms with E-state index in [9.17, 15) is 8.42 Å². The lowest BCUT2D eigenvalue weighted by Gasteiger charge is -2.14. The summed E-state index contributed by atoms with van der Waals surface area (Å²) < 4.78 is 37.4. The Morgan fingerprint density at radius 1 is 1.05 bits per heavy atom. The number of aromatic nitrogens is 6. The average molecular weight is 546 g/mol. The summed E-state index contributed by atoms with van der Waals surface area (Å²) in [6, 6.07) is 11.4. The van der Waals surface area contributed by atoms with E-state index in [0.717, 1.165) is 58.5 Å². The Balaban J connectivity index is 1.42. The van der Waals surface area contributed by atoms with Gasteiger partial charge in [-0.1, -0.05) is 6.07 Å². The van der Waals surface area contributed by atoms with E-state index in [0.29, 0.717) is 29.9 Å². The number of ether oxygens (including phenoxy) is 1. The van der Waals surface area contributed by atoms with Gasteiger partial charge >= 0.3 is 0 Å². The number of nitrogens with zero attached hydrogens (tertiary/aromatic N) is 6. The first-order valence-corrected chi connectivity index (χ1v) is 14.7. The maximum absolute atomic E-state index is 12.9. The Morgan fingerprint density at radius 2 is 1.87 bits per heavy atom. The molecule has 0 radical (unpaired) electrons. The van der Waals surface area contributed by atoms with E-state index >= 15 is 0 Å². The summed E-state index contributed by atoms with van der Waals surface area (Å²) in [5, 5.41) is 7.90. The van der Waals surface area contributed by atoms with Crippen LogP contribution in [0.15, 0.2) is 47.5 Å². The van der Waals surface area contributed by atoms with Crippen LogP contribution >= 0.6 is 0 Å². The molecule has 0 aliphatic carbocycles. The molecule has 0 spiro atoms. The van der Waals surface area contributed by atoms with Crippen LogP contribution in [-0.4, -0.2) is 50.2 Å². The zero-order valence-corrected chi connectivity index (χ0v) is 23.5. The maximum Gasteiger partial charge on any atom is 0.177 e. The van der Waals surface area contributed by atoms with E-state index in [-0.39, 0.29) is 4.90 Å². The molecule has 0 amide bonds. The van der Waals surface area contributed by atoms with Crippen LogP contribution in [0.1, 0.15) is 28.5 Å². The summed E-state index contributed by atoms with van der Waals surface area (Å²) >= 11 is 0. The number of nitrogens with one attached hydrogen (secondary N) is 1. The lowest BCUT2D eigenvalue weighted by Crippen LogP contribution is -2.14. The van der Waals surface area contributed by atoms with Crippen LogP contribution in [0.5, 0.6) is 0 Å². The van der Waals surface area contributed by atoms with E-state index < -0.39 is 9.84 Å². The van der Waals surface area contributed by atoms with Gasteiger partial charge in [0.25, 0.3) is 0 Å². The third-order valence-electron chi connectivity index (χ3n) is 7.32. The van der Waals surface area contributed by atoms with Crippen LogP contribution in [0.4, 0.5) is 11.4 Å². The van der Waals surface area contributed by atoms with Crippen molar-refractivity contribution in [1.29, 1.82) is 0 Å². The topological polar surface area (TPSA) is 109 Å². The van der Waals surface area contributed by atoms with Crippen molar-refractivity contribution in [3.8, 4) is 11.3 Å². The normalized spacial score (nSPS) is 13.7. The van der Waals surface area contributed by atoms with Crippen LogP contribution < -0.4 is 5.32 Å². The van der Waals surface area contributed by atoms with Crippen molar-refractivity contribution >= 4 is 32.4 Å². The molecule has 10 nitrogen and oxygen atoms in total. The first kappa shape index (κ1) is 25.3. The molecule has 0 saturated carbocycles. The summed E-state index contributed by atoms with van der Waals surface area (Å²) in [6.07, 6.45) is 4.01. The van der Waals surface area contributed by atoms with Crippen molar-refractivity contribution in [3.05, 3.63) is 71.1 Å². The summed E-state index contributed by atoms with van der Waals surface area (Å²) in [5.41, 5.74) is 8.23. The summed E-state index contributed by atoms with van der Waals surface area (Å²) in [6.45, 7) is 6.07. The fraction of sp³-hybridized carbons (Fsp3) is 0.321. The second-order valence-corrected chi connectivity index (χ2v) is 12.2. The number of rotatable bonds is 6. The molecule has 1 aliphatic heterocycles. The van der Waals surface area contributed by atoms with Gasteiger partial charge < -0.3 is 19.2 Å². The van der Waals surface area contributed by atoms with Gasteiger partial charge in [0.15, 0.2) is 15.5 Å². The van der Waals surface area contributed by atoms with Gasteiger partial charge in [0, 0.05) is 62.2 Å². The lowest BCUT2D eigenvalue weighted by atomic mass is 10.1. The molecule has 0 bridgehead atoms. The highest BCUT2D eigenvalue weighted by atomic mass is 32.2. The first-order valence-electron chi connectivity index (χ1n) is 12.8. The number of sulfone groups is 1. The zero-order chi connectivity index (χ0) is 27.5. The molecule has 0 fully saturated rings. The molecule has 5 heterocycles. The standard InChI is InChI=1S/C28H31N7O3S/c1-17-10-24(32-34(17)4)20-6-7-23(26(13-20)39(5,36)37)31-25-14-21(30-28-27(25)29-18(2)33(28)3)11-19-12-22-16-38-9-8-35(22)15-19/h6-7,10,12-15H,8-9,11,16H2,1-5H3,(H,30,31). The molecule has 39 heavy (non-hydrogen) atoms. The summed E-state index contributed by atoms with van der Waals surface area (Å²) in [5.74, 6) is 0.818. The third kappa shape index (κ3) is 4.72. The highest BCUT2D eigenvalue weighted by Crippen LogP contribution is 2.33. The van der Waals surface area contributed by atoms with Crippen LogP contribution in [-0.2, 0) is 48.2 Å². The monoisotopic (exact) mass is 545 g/mol. The van der Waals surface area contributed by atoms with Gasteiger partial charge in [0.2, 0.25) is 0 Å². The quantitative estimate of drug-likeness (QED) is 0.343. The van der Waals surface area contributed by atoms with Crippen LogP contribution in [0.2, 0.25) is 0 Å². The highest BCUT2D eigenvalue weighted by molar-refractivity contribution is 7.90. The molecule has 202 valence electrons. The first-order chi connectivity index (χ1) is 18.6. The Bertz CT molecular complexity index is 1800. The number of anilines is 2. The Labute approximate surface area is 227 Å². The Kier molecular flexibility index (Phi) is 6.07. The molecule has 0 saturated heterocycles. The van der Waals surface area contributed by atoms with E-state index in [1.54, 1.807) is 16.8 Å². The van der Waals surface area contributed by atoms with Crippen molar-refractivity contribution in [1.82, 2.24) is 28.9 Å². The van der Waals surface area contributed by atoms with Crippen LogP contribution in [0.25, 0.3) is 22.4 Å². The largest absolute Gasteiger partial charge is 0.373 e. The fourth-order valence-electron chi connectivity index (χ4n) is 5.03. The minimum Gasteiger partial charge on any atom is -0.373 e. The molecule has 1 aromatic carbocycles. The number of hydrogen-bond acceptors (Lipinski definition) is 7. The van der Waals surface area contributed by atoms with Gasteiger partial charge in [0.1, 0.15) is 11.3 Å². The Hall–Kier alpha value is -3.96. The SMILES string of the molecule is Cc1cc(-c2ccc(Nc3cc(Cc4cc5n(c4)CCOC5)nc4c3nc(C)n4C)c(S(C)(=O)=O)c2)nn1C. The van der Waals surface area contributed by atoms with Gasteiger partial charge in [-0.15, -0.1) is 0 Å². The van der Waals surface area contributed by atoms with E-state index in [1.807, 2.05) is 50.7 Å². The molecule has 0 unspecified atom stereocenters. The average Bonchev–Trinajstić information content (AvgIpc) is 3.54. The van der Waals surface area contributed by atoms with Gasteiger partial charge in [-0.2, -0.15) is 5.10 Å². The molecular formula is C28H31N7O3S. The zero-order valence-electron chi connectivity index (χ0n) is 22.7. The van der Waals surface area contributed by atoms with Gasteiger partial charge in [-0.25, -0.2) is 18.4 Å². The number of aryl methyl sites for hydroxylation is 4. The highest BCUT2D eigenvalue weighted by Gasteiger charge is 2.20. The second kappa shape index (κ2) is 9.35. The predicted octanol–water partition coefficient (Wildman–Crippen LogP) is 4.06. The molecule has 5 aromatic rings. The molecule has 4 aromatic heterocycles. The van der Waals surface area contributed by atoms with Crippen LogP contribution in [0, 0.1) is 13.8 Å². The van der Waals surface area contributed by atoms with Crippen molar-refractivity contribution in [3.63, 3.8) is 0 Å². The van der Waals surface area contributed by atoms with Crippen molar-refractivity contribution < 1.29 is 13.2 Å². The number of hydrogen-bond donors (Lipinski definition) is 1. The number of benzene rings is 1. The third-order valence-corrected chi connectivity index (χ3v) is 8.46. The number of pyridine rings is 1. The number of fused-ring (bicyclic) bond motifs is 2.